The van der Waals surface area contributed by atoms with Gasteiger partial charge in [0.05, 0.1) is 19.8 Å². The van der Waals surface area contributed by atoms with Gasteiger partial charge in [0.25, 0.3) is 0 Å². The molecule has 0 aromatic heterocycles. The van der Waals surface area contributed by atoms with E-state index in [1.807, 2.05) is 30.3 Å². The summed E-state index contributed by atoms with van der Waals surface area (Å²) in [5.41, 5.74) is 0.918. The first-order valence-corrected chi connectivity index (χ1v) is 7.68. The Morgan fingerprint density at radius 1 is 1.18 bits per heavy atom. The fourth-order valence-electron chi connectivity index (χ4n) is 2.56. The molecule has 6 heteroatoms. The van der Waals surface area contributed by atoms with Gasteiger partial charge in [-0.15, -0.1) is 0 Å². The molecule has 0 bridgehead atoms. The van der Waals surface area contributed by atoms with E-state index in [2.05, 4.69) is 4.90 Å². The van der Waals surface area contributed by atoms with Crippen LogP contribution in [0.5, 0.6) is 0 Å². The average molecular weight is 306 g/mol. The molecule has 22 heavy (non-hydrogen) atoms. The minimum atomic E-state index is -0.556. The first-order chi connectivity index (χ1) is 10.8. The van der Waals surface area contributed by atoms with Crippen molar-refractivity contribution >= 4 is 5.76 Å². The molecule has 0 spiro atoms. The van der Waals surface area contributed by atoms with E-state index in [0.717, 1.165) is 50.1 Å². The van der Waals surface area contributed by atoms with Crippen LogP contribution in [0.1, 0.15) is 12.0 Å². The Bertz CT molecular complexity index is 488. The smallest absolute Gasteiger partial charge is 0.193 e. The predicted molar refractivity (Wildman–Crippen MR) is 80.7 cm³/mol. The number of rotatable bonds is 6. The van der Waals surface area contributed by atoms with E-state index >= 15 is 0 Å². The van der Waals surface area contributed by atoms with Gasteiger partial charge in [0.1, 0.15) is 0 Å². The molecule has 2 heterocycles. The number of benzene rings is 1. The third-order valence-corrected chi connectivity index (χ3v) is 3.77. The molecule has 1 N–H and O–H groups in total. The van der Waals surface area contributed by atoms with Crippen LogP contribution in [0.3, 0.4) is 0 Å². The SMILES string of the molecule is ON1OC(c2ccccc2)=CC1OCCCN1CCOCC1. The lowest BCUT2D eigenvalue weighted by Crippen LogP contribution is -2.37. The maximum Gasteiger partial charge on any atom is 0.193 e. The first kappa shape index (κ1) is 15.5. The number of hydrogen-bond donors (Lipinski definition) is 1. The fourth-order valence-corrected chi connectivity index (χ4v) is 2.56. The van der Waals surface area contributed by atoms with Crippen molar-refractivity contribution in [2.45, 2.75) is 12.6 Å². The Morgan fingerprint density at radius 3 is 2.73 bits per heavy atom. The lowest BCUT2D eigenvalue weighted by molar-refractivity contribution is -0.347. The Labute approximate surface area is 130 Å². The zero-order valence-electron chi connectivity index (χ0n) is 12.6. The molecule has 120 valence electrons. The molecule has 1 aromatic rings. The molecule has 1 atom stereocenters. The maximum absolute atomic E-state index is 9.78. The summed E-state index contributed by atoms with van der Waals surface area (Å²) in [6.45, 7) is 5.14. The van der Waals surface area contributed by atoms with Crippen LogP contribution in [0, 0.1) is 0 Å². The standard InChI is InChI=1S/C16H22N2O4/c19-18-16(13-15(22-18)14-5-2-1-3-6-14)21-10-4-7-17-8-11-20-12-9-17/h1-3,5-6,13,16,19H,4,7-12H2. The van der Waals surface area contributed by atoms with Crippen molar-refractivity contribution in [1.82, 2.24) is 10.1 Å². The molecule has 2 aliphatic heterocycles. The molecular formula is C16H22N2O4. The summed E-state index contributed by atoms with van der Waals surface area (Å²) >= 11 is 0. The third kappa shape index (κ3) is 4.06. The summed E-state index contributed by atoms with van der Waals surface area (Å²) in [6, 6.07) is 9.66. The van der Waals surface area contributed by atoms with Crippen molar-refractivity contribution in [3.63, 3.8) is 0 Å². The maximum atomic E-state index is 9.78. The van der Waals surface area contributed by atoms with Crippen LogP contribution in [-0.4, -0.2) is 61.0 Å². The summed E-state index contributed by atoms with van der Waals surface area (Å²) < 4.78 is 11.0. The van der Waals surface area contributed by atoms with Gasteiger partial charge in [-0.3, -0.25) is 10.1 Å². The lowest BCUT2D eigenvalue weighted by Gasteiger charge is -2.26. The van der Waals surface area contributed by atoms with Crippen LogP contribution in [-0.2, 0) is 14.3 Å². The van der Waals surface area contributed by atoms with Gasteiger partial charge in [-0.1, -0.05) is 30.3 Å². The summed E-state index contributed by atoms with van der Waals surface area (Å²) in [6.07, 6.45) is 2.14. The molecule has 0 amide bonds. The van der Waals surface area contributed by atoms with E-state index in [1.165, 1.54) is 0 Å². The van der Waals surface area contributed by atoms with Crippen LogP contribution in [0.15, 0.2) is 36.4 Å². The molecule has 1 saturated heterocycles. The van der Waals surface area contributed by atoms with Gasteiger partial charge in [-0.2, -0.15) is 0 Å². The van der Waals surface area contributed by atoms with Crippen LogP contribution in [0.4, 0.5) is 0 Å². The lowest BCUT2D eigenvalue weighted by atomic mass is 10.2. The quantitative estimate of drug-likeness (QED) is 0.808. The van der Waals surface area contributed by atoms with Crippen molar-refractivity contribution in [1.29, 1.82) is 0 Å². The highest BCUT2D eigenvalue weighted by molar-refractivity contribution is 5.60. The monoisotopic (exact) mass is 306 g/mol. The Kier molecular flexibility index (Phi) is 5.42. The van der Waals surface area contributed by atoms with Gasteiger partial charge in [-0.05, 0) is 6.42 Å². The normalized spacial score (nSPS) is 23.3. The molecule has 1 fully saturated rings. The largest absolute Gasteiger partial charge is 0.379 e. The number of ether oxygens (including phenoxy) is 2. The number of morpholine rings is 1. The molecule has 6 nitrogen and oxygen atoms in total. The first-order valence-electron chi connectivity index (χ1n) is 7.68. The van der Waals surface area contributed by atoms with Gasteiger partial charge in [0.15, 0.2) is 12.0 Å². The van der Waals surface area contributed by atoms with Crippen LogP contribution < -0.4 is 0 Å². The molecule has 0 saturated carbocycles. The molecule has 1 unspecified atom stereocenters. The van der Waals surface area contributed by atoms with Gasteiger partial charge in [0, 0.05) is 36.5 Å². The molecule has 2 aliphatic rings. The second kappa shape index (κ2) is 7.71. The van der Waals surface area contributed by atoms with Crippen molar-refractivity contribution in [3.8, 4) is 0 Å². The Morgan fingerprint density at radius 2 is 1.95 bits per heavy atom. The fraction of sp³-hybridized carbons (Fsp3) is 0.500. The van der Waals surface area contributed by atoms with E-state index in [4.69, 9.17) is 14.3 Å². The van der Waals surface area contributed by atoms with E-state index in [0.29, 0.717) is 12.4 Å². The van der Waals surface area contributed by atoms with Gasteiger partial charge < -0.3 is 14.3 Å². The van der Waals surface area contributed by atoms with Crippen LogP contribution in [0.25, 0.3) is 5.76 Å². The van der Waals surface area contributed by atoms with E-state index in [-0.39, 0.29) is 0 Å². The van der Waals surface area contributed by atoms with Gasteiger partial charge in [0.2, 0.25) is 0 Å². The van der Waals surface area contributed by atoms with E-state index < -0.39 is 6.23 Å². The number of hydroxylamine groups is 2. The Hall–Kier alpha value is -1.44. The molecule has 0 radical (unpaired) electrons. The summed E-state index contributed by atoms with van der Waals surface area (Å²) in [4.78, 5) is 7.67. The van der Waals surface area contributed by atoms with Crippen molar-refractivity contribution in [3.05, 3.63) is 42.0 Å². The molecule has 0 aliphatic carbocycles. The number of nitrogens with zero attached hydrogens (tertiary/aromatic N) is 2. The van der Waals surface area contributed by atoms with Crippen molar-refractivity contribution in [2.75, 3.05) is 39.5 Å². The summed E-state index contributed by atoms with van der Waals surface area (Å²) in [5, 5.41) is 10.5. The summed E-state index contributed by atoms with van der Waals surface area (Å²) in [7, 11) is 0. The van der Waals surface area contributed by atoms with Crippen molar-refractivity contribution in [2.24, 2.45) is 0 Å². The van der Waals surface area contributed by atoms with Gasteiger partial charge in [-0.25, -0.2) is 0 Å². The van der Waals surface area contributed by atoms with Gasteiger partial charge >= 0.3 is 0 Å². The second-order valence-corrected chi connectivity index (χ2v) is 5.36. The Balaban J connectivity index is 1.43. The molecule has 1 aromatic carbocycles. The highest BCUT2D eigenvalue weighted by Crippen LogP contribution is 2.25. The zero-order chi connectivity index (χ0) is 15.2. The van der Waals surface area contributed by atoms with E-state index in [9.17, 15) is 5.21 Å². The molecular weight excluding hydrogens is 284 g/mol. The minimum Gasteiger partial charge on any atom is -0.379 e. The number of hydrogen-bond acceptors (Lipinski definition) is 6. The zero-order valence-corrected chi connectivity index (χ0v) is 12.6. The van der Waals surface area contributed by atoms with Crippen molar-refractivity contribution < 1.29 is 19.5 Å². The highest BCUT2D eigenvalue weighted by Gasteiger charge is 2.27. The van der Waals surface area contributed by atoms with E-state index in [1.54, 1.807) is 6.08 Å². The predicted octanol–water partition coefficient (Wildman–Crippen LogP) is 1.73. The minimum absolute atomic E-state index is 0.556. The van der Waals surface area contributed by atoms with Crippen LogP contribution >= 0.6 is 0 Å². The summed E-state index contributed by atoms with van der Waals surface area (Å²) in [5.74, 6) is 0.612. The second-order valence-electron chi connectivity index (χ2n) is 5.36. The topological polar surface area (TPSA) is 54.4 Å². The third-order valence-electron chi connectivity index (χ3n) is 3.77. The van der Waals surface area contributed by atoms with Crippen LogP contribution in [0.2, 0.25) is 0 Å². The average Bonchev–Trinajstić information content (AvgIpc) is 2.94. The molecule has 3 rings (SSSR count). The highest BCUT2D eigenvalue weighted by atomic mass is 16.9.